The van der Waals surface area contributed by atoms with E-state index in [9.17, 15) is 4.79 Å². The third kappa shape index (κ3) is 5.45. The number of nitrogens with zero attached hydrogens (tertiary/aromatic N) is 1. The lowest BCUT2D eigenvalue weighted by molar-refractivity contribution is -0.117. The van der Waals surface area contributed by atoms with E-state index in [0.717, 1.165) is 45.4 Å². The first-order valence-electron chi connectivity index (χ1n) is 8.27. The number of carbonyl (C=O) groups excluding carboxylic acids is 1. The van der Waals surface area contributed by atoms with Gasteiger partial charge in [0.1, 0.15) is 0 Å². The number of thiazole rings is 1. The average Bonchev–Trinajstić information content (AvgIpc) is 3.11. The number of hydrogen-bond acceptors (Lipinski definition) is 5. The lowest BCUT2D eigenvalue weighted by Gasteiger charge is -2.15. The summed E-state index contributed by atoms with van der Waals surface area (Å²) in [4.78, 5) is 17.9. The Kier molecular flexibility index (Phi) is 7.31. The highest BCUT2D eigenvalue weighted by atomic mass is 35.5. The van der Waals surface area contributed by atoms with Gasteiger partial charge in [0.2, 0.25) is 5.91 Å². The molecule has 1 aromatic carbocycles. The predicted octanol–water partition coefficient (Wildman–Crippen LogP) is 4.79. The van der Waals surface area contributed by atoms with Crippen LogP contribution in [0, 0.1) is 19.8 Å². The summed E-state index contributed by atoms with van der Waals surface area (Å²) in [5.41, 5.74) is 9.05. The Morgan fingerprint density at radius 3 is 2.80 bits per heavy atom. The van der Waals surface area contributed by atoms with E-state index < -0.39 is 0 Å². The van der Waals surface area contributed by atoms with Gasteiger partial charge in [-0.05, 0) is 56.4 Å². The first kappa shape index (κ1) is 20.2. The van der Waals surface area contributed by atoms with E-state index in [4.69, 9.17) is 5.73 Å². The molecule has 0 unspecified atom stereocenters. The fourth-order valence-corrected chi connectivity index (χ4v) is 4.99. The van der Waals surface area contributed by atoms with E-state index in [1.54, 1.807) is 23.1 Å². The minimum Gasteiger partial charge on any atom is -0.327 e. The SMILES string of the molecule is Cc1csc(Sc2ccc(NC(=O)C[C@@H]3CCC[C@H]3N)c(C)c2)n1.Cl. The molecule has 1 saturated carbocycles. The minimum absolute atomic E-state index is 0. The summed E-state index contributed by atoms with van der Waals surface area (Å²) in [7, 11) is 0. The summed E-state index contributed by atoms with van der Waals surface area (Å²) in [6.45, 7) is 4.02. The number of nitrogens with one attached hydrogen (secondary N) is 1. The van der Waals surface area contributed by atoms with E-state index in [-0.39, 0.29) is 24.4 Å². The molecule has 136 valence electrons. The van der Waals surface area contributed by atoms with Crippen LogP contribution in [0.4, 0.5) is 5.69 Å². The van der Waals surface area contributed by atoms with Gasteiger partial charge >= 0.3 is 0 Å². The van der Waals surface area contributed by atoms with Gasteiger partial charge in [-0.3, -0.25) is 4.79 Å². The summed E-state index contributed by atoms with van der Waals surface area (Å²) in [5.74, 6) is 0.393. The van der Waals surface area contributed by atoms with Crippen molar-refractivity contribution in [3.8, 4) is 0 Å². The van der Waals surface area contributed by atoms with Crippen LogP contribution in [0.2, 0.25) is 0 Å². The summed E-state index contributed by atoms with van der Waals surface area (Å²) < 4.78 is 1.04. The highest BCUT2D eigenvalue weighted by molar-refractivity contribution is 8.01. The number of anilines is 1. The number of carbonyl (C=O) groups is 1. The number of benzene rings is 1. The van der Waals surface area contributed by atoms with E-state index in [1.165, 1.54) is 0 Å². The molecule has 7 heteroatoms. The second-order valence-electron chi connectivity index (χ2n) is 6.44. The van der Waals surface area contributed by atoms with Crippen LogP contribution in [0.15, 0.2) is 32.8 Å². The largest absolute Gasteiger partial charge is 0.327 e. The standard InChI is InChI=1S/C18H23N3OS2.ClH/c1-11-8-14(24-18-20-12(2)10-23-18)6-7-16(11)21-17(22)9-13-4-3-5-15(13)19;/h6-8,10,13,15H,3-5,9,19H2,1-2H3,(H,21,22);1H/t13-,15+;/m0./s1. The monoisotopic (exact) mass is 397 g/mol. The molecule has 1 aliphatic carbocycles. The summed E-state index contributed by atoms with van der Waals surface area (Å²) in [6, 6.07) is 6.28. The quantitative estimate of drug-likeness (QED) is 0.761. The molecule has 3 rings (SSSR count). The molecule has 0 spiro atoms. The number of aryl methyl sites for hydroxylation is 2. The van der Waals surface area contributed by atoms with Gasteiger partial charge in [0, 0.05) is 34.1 Å². The van der Waals surface area contributed by atoms with Crippen molar-refractivity contribution in [2.45, 2.75) is 54.8 Å². The Morgan fingerprint density at radius 2 is 2.20 bits per heavy atom. The third-order valence-corrected chi connectivity index (χ3v) is 6.49. The normalized spacial score (nSPS) is 19.5. The number of amides is 1. The molecule has 0 aliphatic heterocycles. The zero-order chi connectivity index (χ0) is 17.1. The lowest BCUT2D eigenvalue weighted by Crippen LogP contribution is -2.28. The molecular formula is C18H24ClN3OS2. The Bertz CT molecular complexity index is 735. The first-order valence-corrected chi connectivity index (χ1v) is 9.97. The Hall–Kier alpha value is -1.08. The van der Waals surface area contributed by atoms with Gasteiger partial charge < -0.3 is 11.1 Å². The van der Waals surface area contributed by atoms with Crippen molar-refractivity contribution in [3.63, 3.8) is 0 Å². The molecule has 2 atom stereocenters. The molecule has 1 heterocycles. The Labute approximate surface area is 163 Å². The fraction of sp³-hybridized carbons (Fsp3) is 0.444. The van der Waals surface area contributed by atoms with Crippen molar-refractivity contribution < 1.29 is 4.79 Å². The van der Waals surface area contributed by atoms with E-state index in [2.05, 4.69) is 21.7 Å². The summed E-state index contributed by atoms with van der Waals surface area (Å²) in [5, 5.41) is 5.09. The van der Waals surface area contributed by atoms with Gasteiger partial charge in [-0.15, -0.1) is 23.7 Å². The third-order valence-electron chi connectivity index (χ3n) is 4.44. The van der Waals surface area contributed by atoms with Gasteiger partial charge in [0.05, 0.1) is 0 Å². The molecule has 1 amide bonds. The molecule has 1 fully saturated rings. The molecule has 2 aromatic rings. The maximum absolute atomic E-state index is 12.3. The van der Waals surface area contributed by atoms with Gasteiger partial charge in [-0.1, -0.05) is 18.2 Å². The maximum Gasteiger partial charge on any atom is 0.224 e. The summed E-state index contributed by atoms with van der Waals surface area (Å²) in [6.07, 6.45) is 3.77. The van der Waals surface area contributed by atoms with Crippen LogP contribution < -0.4 is 11.1 Å². The van der Waals surface area contributed by atoms with Gasteiger partial charge in [0.25, 0.3) is 0 Å². The molecule has 25 heavy (non-hydrogen) atoms. The van der Waals surface area contributed by atoms with Crippen LogP contribution >= 0.6 is 35.5 Å². The number of hydrogen-bond donors (Lipinski definition) is 2. The van der Waals surface area contributed by atoms with Crippen molar-refractivity contribution >= 4 is 47.1 Å². The van der Waals surface area contributed by atoms with Crippen molar-refractivity contribution in [2.24, 2.45) is 11.7 Å². The number of nitrogens with two attached hydrogens (primary N) is 1. The van der Waals surface area contributed by atoms with E-state index in [0.29, 0.717) is 12.3 Å². The molecule has 1 aromatic heterocycles. The van der Waals surface area contributed by atoms with E-state index in [1.807, 2.05) is 26.0 Å². The first-order chi connectivity index (χ1) is 11.5. The highest BCUT2D eigenvalue weighted by Crippen LogP contribution is 2.32. The maximum atomic E-state index is 12.3. The second-order valence-corrected chi connectivity index (χ2v) is 8.62. The fourth-order valence-electron chi connectivity index (χ4n) is 3.08. The van der Waals surface area contributed by atoms with Crippen molar-refractivity contribution in [3.05, 3.63) is 34.8 Å². The van der Waals surface area contributed by atoms with Gasteiger partial charge in [0.15, 0.2) is 4.34 Å². The molecule has 0 saturated heterocycles. The van der Waals surface area contributed by atoms with Crippen molar-refractivity contribution in [1.82, 2.24) is 4.98 Å². The minimum atomic E-state index is 0. The topological polar surface area (TPSA) is 68.0 Å². The Morgan fingerprint density at radius 1 is 1.40 bits per heavy atom. The van der Waals surface area contributed by atoms with Crippen molar-refractivity contribution in [1.29, 1.82) is 0 Å². The van der Waals surface area contributed by atoms with Crippen LogP contribution in [-0.2, 0) is 4.79 Å². The Balaban J connectivity index is 0.00000225. The van der Waals surface area contributed by atoms with Crippen LogP contribution in [0.3, 0.4) is 0 Å². The van der Waals surface area contributed by atoms with Crippen LogP contribution in [-0.4, -0.2) is 16.9 Å². The molecule has 4 nitrogen and oxygen atoms in total. The number of rotatable bonds is 5. The molecule has 0 radical (unpaired) electrons. The highest BCUT2D eigenvalue weighted by Gasteiger charge is 2.26. The zero-order valence-corrected chi connectivity index (χ0v) is 16.9. The number of aromatic nitrogens is 1. The van der Waals surface area contributed by atoms with Crippen molar-refractivity contribution in [2.75, 3.05) is 5.32 Å². The average molecular weight is 398 g/mol. The lowest BCUT2D eigenvalue weighted by atomic mass is 10.00. The molecule has 3 N–H and O–H groups in total. The second kappa shape index (κ2) is 9.03. The predicted molar refractivity (Wildman–Crippen MR) is 108 cm³/mol. The summed E-state index contributed by atoms with van der Waals surface area (Å²) >= 11 is 3.31. The van der Waals surface area contributed by atoms with Gasteiger partial charge in [-0.2, -0.15) is 0 Å². The van der Waals surface area contributed by atoms with E-state index >= 15 is 0 Å². The molecule has 1 aliphatic rings. The van der Waals surface area contributed by atoms with Gasteiger partial charge in [-0.25, -0.2) is 4.98 Å². The van der Waals surface area contributed by atoms with Crippen LogP contribution in [0.25, 0.3) is 0 Å². The zero-order valence-electron chi connectivity index (χ0n) is 14.5. The molecule has 0 bridgehead atoms. The van der Waals surface area contributed by atoms with Crippen LogP contribution in [0.1, 0.15) is 36.9 Å². The van der Waals surface area contributed by atoms with Crippen LogP contribution in [0.5, 0.6) is 0 Å². The smallest absolute Gasteiger partial charge is 0.224 e. The number of halogens is 1. The molecular weight excluding hydrogens is 374 g/mol.